The molecule has 0 fully saturated rings. The standard InChI is InChI=1S/C13H14N4O3/c1-9(18)14-7-8-16-12-5-4-11-10(3-2-6-15-11)13(12)17(19)20/h2-6,16H,7-8H2,1H3,(H,14,18). The first-order chi connectivity index (χ1) is 9.59. The van der Waals surface area contributed by atoms with E-state index in [1.807, 2.05) is 0 Å². The van der Waals surface area contributed by atoms with Crippen LogP contribution in [-0.2, 0) is 4.79 Å². The summed E-state index contributed by atoms with van der Waals surface area (Å²) in [5.41, 5.74) is 0.992. The number of anilines is 1. The van der Waals surface area contributed by atoms with Gasteiger partial charge in [-0.1, -0.05) is 0 Å². The molecule has 104 valence electrons. The quantitative estimate of drug-likeness (QED) is 0.491. The molecular formula is C13H14N4O3. The monoisotopic (exact) mass is 274 g/mol. The number of carbonyl (C=O) groups excluding carboxylic acids is 1. The van der Waals surface area contributed by atoms with Gasteiger partial charge in [0.1, 0.15) is 5.69 Å². The Morgan fingerprint density at radius 3 is 2.85 bits per heavy atom. The van der Waals surface area contributed by atoms with Gasteiger partial charge in [0, 0.05) is 26.2 Å². The molecule has 2 aromatic rings. The molecule has 1 heterocycles. The zero-order valence-corrected chi connectivity index (χ0v) is 10.9. The van der Waals surface area contributed by atoms with E-state index in [0.717, 1.165) is 0 Å². The van der Waals surface area contributed by atoms with E-state index in [-0.39, 0.29) is 11.6 Å². The zero-order chi connectivity index (χ0) is 14.5. The first-order valence-corrected chi connectivity index (χ1v) is 6.10. The van der Waals surface area contributed by atoms with Crippen LogP contribution < -0.4 is 10.6 Å². The first kappa shape index (κ1) is 13.7. The third-order valence-electron chi connectivity index (χ3n) is 2.75. The largest absolute Gasteiger partial charge is 0.378 e. The number of hydrogen-bond donors (Lipinski definition) is 2. The summed E-state index contributed by atoms with van der Waals surface area (Å²) in [5.74, 6) is -0.135. The van der Waals surface area contributed by atoms with Gasteiger partial charge in [-0.25, -0.2) is 0 Å². The van der Waals surface area contributed by atoms with Crippen LogP contribution in [0, 0.1) is 10.1 Å². The van der Waals surface area contributed by atoms with Gasteiger partial charge in [0.25, 0.3) is 0 Å². The van der Waals surface area contributed by atoms with Gasteiger partial charge >= 0.3 is 5.69 Å². The van der Waals surface area contributed by atoms with Crippen LogP contribution in [0.3, 0.4) is 0 Å². The van der Waals surface area contributed by atoms with Gasteiger partial charge in [0.2, 0.25) is 5.91 Å². The fourth-order valence-electron chi connectivity index (χ4n) is 1.91. The van der Waals surface area contributed by atoms with E-state index in [4.69, 9.17) is 0 Å². The van der Waals surface area contributed by atoms with E-state index in [9.17, 15) is 14.9 Å². The number of rotatable bonds is 5. The molecule has 2 rings (SSSR count). The Morgan fingerprint density at radius 1 is 1.35 bits per heavy atom. The molecule has 0 aliphatic heterocycles. The third-order valence-corrected chi connectivity index (χ3v) is 2.75. The van der Waals surface area contributed by atoms with Crippen LogP contribution >= 0.6 is 0 Å². The number of nitro groups is 1. The van der Waals surface area contributed by atoms with Crippen molar-refractivity contribution in [3.63, 3.8) is 0 Å². The minimum absolute atomic E-state index is 0.00146. The SMILES string of the molecule is CC(=O)NCCNc1ccc2ncccc2c1[N+](=O)[O-]. The summed E-state index contributed by atoms with van der Waals surface area (Å²) in [7, 11) is 0. The van der Waals surface area contributed by atoms with Crippen LogP contribution in [0.25, 0.3) is 10.9 Å². The van der Waals surface area contributed by atoms with E-state index >= 15 is 0 Å². The maximum absolute atomic E-state index is 11.2. The van der Waals surface area contributed by atoms with Crippen molar-refractivity contribution in [2.24, 2.45) is 0 Å². The van der Waals surface area contributed by atoms with Crippen molar-refractivity contribution in [3.05, 3.63) is 40.6 Å². The number of aromatic nitrogens is 1. The molecule has 2 N–H and O–H groups in total. The number of fused-ring (bicyclic) bond motifs is 1. The van der Waals surface area contributed by atoms with Gasteiger partial charge in [0.15, 0.2) is 0 Å². The normalized spacial score (nSPS) is 10.2. The van der Waals surface area contributed by atoms with Crippen molar-refractivity contribution in [3.8, 4) is 0 Å². The minimum atomic E-state index is -0.426. The number of nitrogens with one attached hydrogen (secondary N) is 2. The Bertz CT molecular complexity index is 657. The third kappa shape index (κ3) is 3.00. The molecule has 0 saturated carbocycles. The molecule has 0 spiro atoms. The van der Waals surface area contributed by atoms with Crippen LogP contribution in [0.4, 0.5) is 11.4 Å². The summed E-state index contributed by atoms with van der Waals surface area (Å²) in [5, 5.41) is 17.3. The van der Waals surface area contributed by atoms with Crippen LogP contribution in [0.1, 0.15) is 6.92 Å². The molecule has 0 radical (unpaired) electrons. The second-order valence-corrected chi connectivity index (χ2v) is 4.20. The predicted molar refractivity (Wildman–Crippen MR) is 75.6 cm³/mol. The lowest BCUT2D eigenvalue weighted by Gasteiger charge is -2.09. The van der Waals surface area contributed by atoms with Crippen LogP contribution in [0.5, 0.6) is 0 Å². The van der Waals surface area contributed by atoms with Gasteiger partial charge in [-0.05, 0) is 24.3 Å². The summed E-state index contributed by atoms with van der Waals surface area (Å²) in [6.45, 7) is 2.23. The molecule has 0 bridgehead atoms. The molecule has 0 unspecified atom stereocenters. The molecule has 1 aromatic heterocycles. The maximum atomic E-state index is 11.2. The van der Waals surface area contributed by atoms with Crippen molar-refractivity contribution < 1.29 is 9.72 Å². The molecule has 1 aromatic carbocycles. The van der Waals surface area contributed by atoms with Crippen molar-refractivity contribution in [1.82, 2.24) is 10.3 Å². The number of nitrogens with zero attached hydrogens (tertiary/aromatic N) is 2. The summed E-state index contributed by atoms with van der Waals surface area (Å²) in [4.78, 5) is 25.7. The predicted octanol–water partition coefficient (Wildman–Crippen LogP) is 1.69. The molecule has 20 heavy (non-hydrogen) atoms. The van der Waals surface area contributed by atoms with E-state index in [1.165, 1.54) is 6.92 Å². The Morgan fingerprint density at radius 2 is 2.15 bits per heavy atom. The van der Waals surface area contributed by atoms with Gasteiger partial charge < -0.3 is 10.6 Å². The highest BCUT2D eigenvalue weighted by Crippen LogP contribution is 2.32. The Hall–Kier alpha value is -2.70. The number of hydrogen-bond acceptors (Lipinski definition) is 5. The lowest BCUT2D eigenvalue weighted by atomic mass is 10.1. The van der Waals surface area contributed by atoms with Gasteiger partial charge in [-0.3, -0.25) is 19.9 Å². The maximum Gasteiger partial charge on any atom is 0.301 e. The van der Waals surface area contributed by atoms with Crippen LogP contribution in [0.2, 0.25) is 0 Å². The average molecular weight is 274 g/mol. The van der Waals surface area contributed by atoms with Crippen LogP contribution in [-0.4, -0.2) is 28.9 Å². The summed E-state index contributed by atoms with van der Waals surface area (Å²) in [6, 6.07) is 6.68. The zero-order valence-electron chi connectivity index (χ0n) is 10.9. The summed E-state index contributed by atoms with van der Waals surface area (Å²) in [6.07, 6.45) is 1.59. The van der Waals surface area contributed by atoms with Gasteiger partial charge in [0.05, 0.1) is 15.8 Å². The smallest absolute Gasteiger partial charge is 0.301 e. The van der Waals surface area contributed by atoms with E-state index in [2.05, 4.69) is 15.6 Å². The Kier molecular flexibility index (Phi) is 4.09. The molecular weight excluding hydrogens is 260 g/mol. The van der Waals surface area contributed by atoms with Crippen LogP contribution in [0.15, 0.2) is 30.5 Å². The summed E-state index contributed by atoms with van der Waals surface area (Å²) >= 11 is 0. The highest BCUT2D eigenvalue weighted by atomic mass is 16.6. The molecule has 7 nitrogen and oxygen atoms in total. The Balaban J connectivity index is 2.26. The molecule has 7 heteroatoms. The fourth-order valence-corrected chi connectivity index (χ4v) is 1.91. The highest BCUT2D eigenvalue weighted by molar-refractivity contribution is 5.94. The molecule has 0 aliphatic rings. The number of benzene rings is 1. The van der Waals surface area contributed by atoms with Gasteiger partial charge in [-0.15, -0.1) is 0 Å². The number of amides is 1. The average Bonchev–Trinajstić information content (AvgIpc) is 2.42. The number of pyridine rings is 1. The summed E-state index contributed by atoms with van der Waals surface area (Å²) < 4.78 is 0. The topological polar surface area (TPSA) is 97.2 Å². The second-order valence-electron chi connectivity index (χ2n) is 4.20. The van der Waals surface area contributed by atoms with E-state index < -0.39 is 4.92 Å². The van der Waals surface area contributed by atoms with Crippen molar-refractivity contribution >= 4 is 28.2 Å². The van der Waals surface area contributed by atoms with Crippen molar-refractivity contribution in [1.29, 1.82) is 0 Å². The minimum Gasteiger partial charge on any atom is -0.378 e. The second kappa shape index (κ2) is 5.96. The Labute approximate surface area is 115 Å². The van der Waals surface area contributed by atoms with Crippen molar-refractivity contribution in [2.45, 2.75) is 6.92 Å². The van der Waals surface area contributed by atoms with E-state index in [1.54, 1.807) is 30.5 Å². The fraction of sp³-hybridized carbons (Fsp3) is 0.231. The lowest BCUT2D eigenvalue weighted by molar-refractivity contribution is -0.382. The lowest BCUT2D eigenvalue weighted by Crippen LogP contribution is -2.26. The molecule has 0 aliphatic carbocycles. The molecule has 0 saturated heterocycles. The molecule has 1 amide bonds. The van der Waals surface area contributed by atoms with E-state index in [0.29, 0.717) is 29.7 Å². The van der Waals surface area contributed by atoms with Gasteiger partial charge in [-0.2, -0.15) is 0 Å². The van der Waals surface area contributed by atoms with Crippen molar-refractivity contribution in [2.75, 3.05) is 18.4 Å². The highest BCUT2D eigenvalue weighted by Gasteiger charge is 2.18. The molecule has 0 atom stereocenters. The first-order valence-electron chi connectivity index (χ1n) is 6.10. The number of nitro benzene ring substituents is 1. The number of carbonyl (C=O) groups is 1.